The van der Waals surface area contributed by atoms with Crippen molar-refractivity contribution in [2.24, 2.45) is 5.73 Å². The van der Waals surface area contributed by atoms with E-state index in [1.807, 2.05) is 6.20 Å². The number of hydrogen-bond acceptors (Lipinski definition) is 4. The van der Waals surface area contributed by atoms with Crippen molar-refractivity contribution in [1.29, 1.82) is 0 Å². The Morgan fingerprint density at radius 2 is 2.62 bits per heavy atom. The van der Waals surface area contributed by atoms with Gasteiger partial charge in [0, 0.05) is 19.3 Å². The average Bonchev–Trinajstić information content (AvgIpc) is 2.76. The molecule has 1 saturated heterocycles. The first-order valence-electron chi connectivity index (χ1n) is 4.59. The van der Waals surface area contributed by atoms with Gasteiger partial charge >= 0.3 is 0 Å². The van der Waals surface area contributed by atoms with E-state index in [1.165, 1.54) is 0 Å². The molecule has 1 aliphatic heterocycles. The summed E-state index contributed by atoms with van der Waals surface area (Å²) < 4.78 is 7.28. The zero-order chi connectivity index (χ0) is 9.10. The minimum Gasteiger partial charge on any atom is -0.376 e. The summed E-state index contributed by atoms with van der Waals surface area (Å²) in [7, 11) is 0. The molecule has 1 aliphatic rings. The van der Waals surface area contributed by atoms with Crippen LogP contribution in [0.3, 0.4) is 0 Å². The fourth-order valence-corrected chi connectivity index (χ4v) is 1.52. The van der Waals surface area contributed by atoms with Gasteiger partial charge in [0.05, 0.1) is 18.3 Å². The predicted octanol–water partition coefficient (Wildman–Crippen LogP) is -0.0842. The van der Waals surface area contributed by atoms with Crippen LogP contribution in [-0.4, -0.2) is 27.7 Å². The zero-order valence-electron chi connectivity index (χ0n) is 7.52. The predicted molar refractivity (Wildman–Crippen MR) is 46.9 cm³/mol. The third kappa shape index (κ3) is 2.05. The maximum atomic E-state index is 5.48. The quantitative estimate of drug-likeness (QED) is 0.709. The Balaban J connectivity index is 1.92. The van der Waals surface area contributed by atoms with Crippen LogP contribution in [0.15, 0.2) is 6.20 Å². The molecule has 1 fully saturated rings. The molecule has 0 radical (unpaired) electrons. The summed E-state index contributed by atoms with van der Waals surface area (Å²) >= 11 is 0. The van der Waals surface area contributed by atoms with E-state index >= 15 is 0 Å². The summed E-state index contributed by atoms with van der Waals surface area (Å²) in [6, 6.07) is 0. The molecule has 0 saturated carbocycles. The molecule has 0 amide bonds. The molecule has 1 aromatic rings. The van der Waals surface area contributed by atoms with Gasteiger partial charge in [0.25, 0.3) is 0 Å². The van der Waals surface area contributed by atoms with Crippen LogP contribution in [0.2, 0.25) is 0 Å². The highest BCUT2D eigenvalue weighted by atomic mass is 16.5. The fourth-order valence-electron chi connectivity index (χ4n) is 1.52. The molecule has 0 unspecified atom stereocenters. The smallest absolute Gasteiger partial charge is 0.0962 e. The van der Waals surface area contributed by atoms with Crippen LogP contribution in [0.1, 0.15) is 18.5 Å². The van der Waals surface area contributed by atoms with Gasteiger partial charge in [-0.3, -0.25) is 0 Å². The first-order chi connectivity index (χ1) is 6.38. The number of ether oxygens (including phenoxy) is 1. The number of aromatic nitrogens is 3. The van der Waals surface area contributed by atoms with E-state index in [0.717, 1.165) is 31.7 Å². The first kappa shape index (κ1) is 8.65. The number of nitrogens with two attached hydrogens (primary N) is 1. The van der Waals surface area contributed by atoms with Crippen molar-refractivity contribution in [3.63, 3.8) is 0 Å². The Bertz CT molecular complexity index is 267. The first-order valence-corrected chi connectivity index (χ1v) is 4.59. The third-order valence-electron chi connectivity index (χ3n) is 2.21. The molecule has 2 rings (SSSR count). The van der Waals surface area contributed by atoms with E-state index < -0.39 is 0 Å². The van der Waals surface area contributed by atoms with E-state index in [0.29, 0.717) is 12.6 Å². The molecule has 5 heteroatoms. The van der Waals surface area contributed by atoms with Crippen LogP contribution in [0, 0.1) is 0 Å². The van der Waals surface area contributed by atoms with Crippen LogP contribution < -0.4 is 5.73 Å². The monoisotopic (exact) mass is 182 g/mol. The van der Waals surface area contributed by atoms with E-state index in [4.69, 9.17) is 10.5 Å². The third-order valence-corrected chi connectivity index (χ3v) is 2.21. The molecule has 1 aromatic heterocycles. The number of nitrogens with zero attached hydrogens (tertiary/aromatic N) is 3. The van der Waals surface area contributed by atoms with Crippen molar-refractivity contribution in [2.45, 2.75) is 32.0 Å². The standard InChI is InChI=1S/C8H14N4O/c9-4-7-5-12(11-10-7)6-8-2-1-3-13-8/h5,8H,1-4,6,9H2/t8-/m1/s1. The maximum absolute atomic E-state index is 5.48. The number of rotatable bonds is 3. The Hall–Kier alpha value is -0.940. The van der Waals surface area contributed by atoms with Crippen molar-refractivity contribution >= 4 is 0 Å². The van der Waals surface area contributed by atoms with Crippen molar-refractivity contribution in [2.75, 3.05) is 6.61 Å². The van der Waals surface area contributed by atoms with Crippen LogP contribution in [0.4, 0.5) is 0 Å². The molecule has 0 aromatic carbocycles. The van der Waals surface area contributed by atoms with Gasteiger partial charge in [-0.15, -0.1) is 5.10 Å². The highest BCUT2D eigenvalue weighted by Gasteiger charge is 2.16. The lowest BCUT2D eigenvalue weighted by atomic mass is 10.2. The van der Waals surface area contributed by atoms with E-state index in [9.17, 15) is 0 Å². The summed E-state index contributed by atoms with van der Waals surface area (Å²) in [6.07, 6.45) is 4.47. The molecule has 2 heterocycles. The molecule has 2 N–H and O–H groups in total. The normalized spacial score (nSPS) is 22.4. The largest absolute Gasteiger partial charge is 0.376 e. The lowest BCUT2D eigenvalue weighted by Crippen LogP contribution is -2.15. The summed E-state index contributed by atoms with van der Waals surface area (Å²) in [5.74, 6) is 0. The van der Waals surface area contributed by atoms with Gasteiger partial charge in [-0.25, -0.2) is 4.68 Å². The Morgan fingerprint density at radius 3 is 3.23 bits per heavy atom. The van der Waals surface area contributed by atoms with E-state index in [2.05, 4.69) is 10.3 Å². The minimum atomic E-state index is 0.312. The van der Waals surface area contributed by atoms with E-state index in [1.54, 1.807) is 4.68 Å². The molecule has 0 spiro atoms. The van der Waals surface area contributed by atoms with Crippen LogP contribution in [-0.2, 0) is 17.8 Å². The fraction of sp³-hybridized carbons (Fsp3) is 0.750. The van der Waals surface area contributed by atoms with Gasteiger partial charge in [-0.1, -0.05) is 5.21 Å². The lowest BCUT2D eigenvalue weighted by Gasteiger charge is -2.07. The second-order valence-corrected chi connectivity index (χ2v) is 3.27. The van der Waals surface area contributed by atoms with Gasteiger partial charge < -0.3 is 10.5 Å². The van der Waals surface area contributed by atoms with Crippen LogP contribution >= 0.6 is 0 Å². The summed E-state index contributed by atoms with van der Waals surface area (Å²) in [4.78, 5) is 0. The van der Waals surface area contributed by atoms with Crippen LogP contribution in [0.25, 0.3) is 0 Å². The second kappa shape index (κ2) is 3.85. The van der Waals surface area contributed by atoms with Gasteiger partial charge in [-0.05, 0) is 12.8 Å². The average molecular weight is 182 g/mol. The lowest BCUT2D eigenvalue weighted by molar-refractivity contribution is 0.0935. The van der Waals surface area contributed by atoms with Crippen LogP contribution in [0.5, 0.6) is 0 Å². The van der Waals surface area contributed by atoms with Crippen molar-refractivity contribution < 1.29 is 4.74 Å². The maximum Gasteiger partial charge on any atom is 0.0962 e. The summed E-state index contributed by atoms with van der Waals surface area (Å²) in [6.45, 7) is 2.13. The molecular formula is C8H14N4O. The highest BCUT2D eigenvalue weighted by molar-refractivity contribution is 4.90. The Morgan fingerprint density at radius 1 is 1.69 bits per heavy atom. The zero-order valence-corrected chi connectivity index (χ0v) is 7.52. The molecule has 5 nitrogen and oxygen atoms in total. The summed E-state index contributed by atoms with van der Waals surface area (Å²) in [5, 5.41) is 7.87. The van der Waals surface area contributed by atoms with Crippen molar-refractivity contribution in [3.05, 3.63) is 11.9 Å². The van der Waals surface area contributed by atoms with Crippen molar-refractivity contribution in [1.82, 2.24) is 15.0 Å². The Labute approximate surface area is 76.9 Å². The molecular weight excluding hydrogens is 168 g/mol. The molecule has 13 heavy (non-hydrogen) atoms. The SMILES string of the molecule is NCc1cn(C[C@H]2CCCO2)nn1. The van der Waals surface area contributed by atoms with Gasteiger partial charge in [0.15, 0.2) is 0 Å². The highest BCUT2D eigenvalue weighted by Crippen LogP contribution is 2.13. The Kier molecular flexibility index (Phi) is 2.56. The van der Waals surface area contributed by atoms with Crippen molar-refractivity contribution in [3.8, 4) is 0 Å². The number of hydrogen-bond donors (Lipinski definition) is 1. The second-order valence-electron chi connectivity index (χ2n) is 3.27. The van der Waals surface area contributed by atoms with Gasteiger partial charge in [0.1, 0.15) is 0 Å². The molecule has 0 bridgehead atoms. The van der Waals surface area contributed by atoms with E-state index in [-0.39, 0.29) is 0 Å². The minimum absolute atomic E-state index is 0.312. The van der Waals surface area contributed by atoms with Gasteiger partial charge in [-0.2, -0.15) is 0 Å². The summed E-state index contributed by atoms with van der Waals surface area (Å²) in [5.41, 5.74) is 6.26. The molecule has 72 valence electrons. The van der Waals surface area contributed by atoms with Gasteiger partial charge in [0.2, 0.25) is 0 Å². The topological polar surface area (TPSA) is 66.0 Å². The molecule has 0 aliphatic carbocycles. The molecule has 1 atom stereocenters.